The summed E-state index contributed by atoms with van der Waals surface area (Å²) in [4.78, 5) is 0. The minimum absolute atomic E-state index is 0.414. The Morgan fingerprint density at radius 3 is 2.41 bits per heavy atom. The standard InChI is InChI=1S/C18H21BO3/c20-19(21)18-11-10-16(12-17(18)15-8-4-5-9-15)22-13-14-6-2-1-3-7-14/h1-3,6-7,10-12,15,20-21H,4-5,8-9,13H2. The molecule has 3 rings (SSSR count). The van der Waals surface area contributed by atoms with Crippen molar-refractivity contribution in [2.75, 3.05) is 0 Å². The largest absolute Gasteiger partial charge is 0.489 e. The Kier molecular flexibility index (Phi) is 4.81. The molecule has 1 saturated carbocycles. The van der Waals surface area contributed by atoms with Gasteiger partial charge < -0.3 is 14.8 Å². The number of benzene rings is 2. The van der Waals surface area contributed by atoms with Crippen molar-refractivity contribution in [2.45, 2.75) is 38.2 Å². The fraction of sp³-hybridized carbons (Fsp3) is 0.333. The molecule has 0 aliphatic heterocycles. The van der Waals surface area contributed by atoms with E-state index in [9.17, 15) is 10.0 Å². The van der Waals surface area contributed by atoms with E-state index in [0.717, 1.165) is 29.7 Å². The topological polar surface area (TPSA) is 49.7 Å². The quantitative estimate of drug-likeness (QED) is 0.834. The van der Waals surface area contributed by atoms with E-state index < -0.39 is 7.12 Å². The average Bonchev–Trinajstić information content (AvgIpc) is 3.08. The first-order valence-corrected chi connectivity index (χ1v) is 7.91. The van der Waals surface area contributed by atoms with E-state index in [4.69, 9.17) is 4.74 Å². The smallest absolute Gasteiger partial charge is 0.488 e. The zero-order chi connectivity index (χ0) is 15.4. The second-order valence-electron chi connectivity index (χ2n) is 5.92. The number of rotatable bonds is 5. The van der Waals surface area contributed by atoms with Crippen LogP contribution in [0.15, 0.2) is 48.5 Å². The Morgan fingerprint density at radius 1 is 1.00 bits per heavy atom. The summed E-state index contributed by atoms with van der Waals surface area (Å²) in [6, 6.07) is 15.6. The van der Waals surface area contributed by atoms with Gasteiger partial charge in [0.2, 0.25) is 0 Å². The van der Waals surface area contributed by atoms with Gasteiger partial charge in [0, 0.05) is 0 Å². The van der Waals surface area contributed by atoms with Crippen molar-refractivity contribution in [3.63, 3.8) is 0 Å². The molecule has 4 heteroatoms. The van der Waals surface area contributed by atoms with Crippen LogP contribution >= 0.6 is 0 Å². The van der Waals surface area contributed by atoms with E-state index >= 15 is 0 Å². The molecule has 0 heterocycles. The van der Waals surface area contributed by atoms with E-state index in [1.807, 2.05) is 42.5 Å². The molecule has 114 valence electrons. The summed E-state index contributed by atoms with van der Waals surface area (Å²) in [5.74, 6) is 1.20. The SMILES string of the molecule is OB(O)c1ccc(OCc2ccccc2)cc1C1CCCC1. The van der Waals surface area contributed by atoms with Crippen LogP contribution in [0, 0.1) is 0 Å². The zero-order valence-corrected chi connectivity index (χ0v) is 12.6. The lowest BCUT2D eigenvalue weighted by Crippen LogP contribution is -2.33. The molecule has 2 N–H and O–H groups in total. The first-order chi connectivity index (χ1) is 10.7. The van der Waals surface area contributed by atoms with Crippen molar-refractivity contribution in [2.24, 2.45) is 0 Å². The highest BCUT2D eigenvalue weighted by molar-refractivity contribution is 6.59. The zero-order valence-electron chi connectivity index (χ0n) is 12.6. The van der Waals surface area contributed by atoms with Gasteiger partial charge in [-0.1, -0.05) is 49.2 Å². The monoisotopic (exact) mass is 296 g/mol. The molecule has 0 spiro atoms. The molecule has 0 atom stereocenters. The minimum atomic E-state index is -1.42. The highest BCUT2D eigenvalue weighted by atomic mass is 16.5. The molecule has 1 aliphatic rings. The molecule has 3 nitrogen and oxygen atoms in total. The molecule has 0 radical (unpaired) electrons. The molecule has 0 saturated heterocycles. The van der Waals surface area contributed by atoms with E-state index in [0.29, 0.717) is 18.0 Å². The highest BCUT2D eigenvalue weighted by Crippen LogP contribution is 2.34. The molecule has 2 aromatic carbocycles. The Balaban J connectivity index is 1.78. The van der Waals surface area contributed by atoms with Crippen LogP contribution < -0.4 is 10.2 Å². The summed E-state index contributed by atoms with van der Waals surface area (Å²) < 4.78 is 5.86. The molecule has 1 aliphatic carbocycles. The highest BCUT2D eigenvalue weighted by Gasteiger charge is 2.25. The normalized spacial score (nSPS) is 15.0. The van der Waals surface area contributed by atoms with Gasteiger partial charge >= 0.3 is 7.12 Å². The minimum Gasteiger partial charge on any atom is -0.489 e. The molecular weight excluding hydrogens is 275 g/mol. The molecular formula is C18H21BO3. The third kappa shape index (κ3) is 3.51. The number of hydrogen-bond donors (Lipinski definition) is 2. The van der Waals surface area contributed by atoms with Gasteiger partial charge in [0.15, 0.2) is 0 Å². The summed E-state index contributed by atoms with van der Waals surface area (Å²) in [5, 5.41) is 19.2. The third-order valence-corrected chi connectivity index (χ3v) is 4.38. The number of hydrogen-bond acceptors (Lipinski definition) is 3. The molecule has 0 unspecified atom stereocenters. The maximum Gasteiger partial charge on any atom is 0.488 e. The van der Waals surface area contributed by atoms with E-state index in [1.165, 1.54) is 12.8 Å². The maximum atomic E-state index is 9.58. The van der Waals surface area contributed by atoms with Crippen molar-refractivity contribution in [3.05, 3.63) is 59.7 Å². The molecule has 2 aromatic rings. The lowest BCUT2D eigenvalue weighted by Gasteiger charge is -2.17. The molecule has 0 bridgehead atoms. The second kappa shape index (κ2) is 6.99. The van der Waals surface area contributed by atoms with E-state index in [1.54, 1.807) is 6.07 Å². The van der Waals surface area contributed by atoms with Crippen molar-refractivity contribution >= 4 is 12.6 Å². The van der Waals surface area contributed by atoms with Crippen LogP contribution in [0.1, 0.15) is 42.7 Å². The van der Waals surface area contributed by atoms with Crippen molar-refractivity contribution in [1.29, 1.82) is 0 Å². The van der Waals surface area contributed by atoms with Gasteiger partial charge in [-0.2, -0.15) is 0 Å². The predicted octanol–water partition coefficient (Wildman–Crippen LogP) is 2.60. The number of ether oxygens (including phenoxy) is 1. The fourth-order valence-electron chi connectivity index (χ4n) is 3.21. The first kappa shape index (κ1) is 15.1. The predicted molar refractivity (Wildman–Crippen MR) is 88.3 cm³/mol. The van der Waals surface area contributed by atoms with Gasteiger partial charge in [0.1, 0.15) is 12.4 Å². The van der Waals surface area contributed by atoms with Gasteiger partial charge in [-0.15, -0.1) is 0 Å². The lowest BCUT2D eigenvalue weighted by molar-refractivity contribution is 0.306. The Labute approximate surface area is 131 Å². The summed E-state index contributed by atoms with van der Waals surface area (Å²) in [7, 11) is -1.42. The van der Waals surface area contributed by atoms with Crippen LogP contribution in [-0.2, 0) is 6.61 Å². The summed E-state index contributed by atoms with van der Waals surface area (Å²) in [6.07, 6.45) is 4.64. The Hall–Kier alpha value is -1.78. The van der Waals surface area contributed by atoms with Crippen molar-refractivity contribution in [1.82, 2.24) is 0 Å². The van der Waals surface area contributed by atoms with Crippen LogP contribution in [0.25, 0.3) is 0 Å². The van der Waals surface area contributed by atoms with E-state index in [2.05, 4.69) is 0 Å². The Morgan fingerprint density at radius 2 is 1.73 bits per heavy atom. The molecule has 0 amide bonds. The molecule has 0 aromatic heterocycles. The van der Waals surface area contributed by atoms with Crippen molar-refractivity contribution in [3.8, 4) is 5.75 Å². The average molecular weight is 296 g/mol. The molecule has 22 heavy (non-hydrogen) atoms. The first-order valence-electron chi connectivity index (χ1n) is 7.91. The third-order valence-electron chi connectivity index (χ3n) is 4.38. The Bertz CT molecular complexity index is 607. The van der Waals surface area contributed by atoms with Gasteiger partial charge in [0.05, 0.1) is 0 Å². The molecule has 1 fully saturated rings. The van der Waals surface area contributed by atoms with Crippen LogP contribution in [0.4, 0.5) is 0 Å². The van der Waals surface area contributed by atoms with Gasteiger partial charge in [-0.3, -0.25) is 0 Å². The second-order valence-corrected chi connectivity index (χ2v) is 5.92. The maximum absolute atomic E-state index is 9.58. The summed E-state index contributed by atoms with van der Waals surface area (Å²) in [6.45, 7) is 0.520. The lowest BCUT2D eigenvalue weighted by atomic mass is 9.73. The van der Waals surface area contributed by atoms with Gasteiger partial charge in [-0.05, 0) is 47.5 Å². The van der Waals surface area contributed by atoms with Gasteiger partial charge in [0.25, 0.3) is 0 Å². The van der Waals surface area contributed by atoms with Crippen LogP contribution in [0.5, 0.6) is 5.75 Å². The summed E-state index contributed by atoms with van der Waals surface area (Å²) >= 11 is 0. The summed E-state index contributed by atoms with van der Waals surface area (Å²) in [5.41, 5.74) is 2.76. The van der Waals surface area contributed by atoms with Crippen molar-refractivity contribution < 1.29 is 14.8 Å². The van der Waals surface area contributed by atoms with Crippen LogP contribution in [0.3, 0.4) is 0 Å². The van der Waals surface area contributed by atoms with Crippen LogP contribution in [-0.4, -0.2) is 17.2 Å². The van der Waals surface area contributed by atoms with Gasteiger partial charge in [-0.25, -0.2) is 0 Å². The van der Waals surface area contributed by atoms with Crippen LogP contribution in [0.2, 0.25) is 0 Å². The fourth-order valence-corrected chi connectivity index (χ4v) is 3.21. The van der Waals surface area contributed by atoms with E-state index in [-0.39, 0.29) is 0 Å².